The van der Waals surface area contributed by atoms with Crippen LogP contribution in [0.3, 0.4) is 0 Å². The Morgan fingerprint density at radius 1 is 1.36 bits per heavy atom. The van der Waals surface area contributed by atoms with E-state index in [1.807, 2.05) is 0 Å². The van der Waals surface area contributed by atoms with Crippen molar-refractivity contribution in [2.24, 2.45) is 0 Å². The molecule has 0 saturated heterocycles. The van der Waals surface area contributed by atoms with Gasteiger partial charge < -0.3 is 9.47 Å². The van der Waals surface area contributed by atoms with Crippen molar-refractivity contribution >= 4 is 0 Å². The summed E-state index contributed by atoms with van der Waals surface area (Å²) < 4.78 is 24.0. The number of hydrogen-bond donors (Lipinski definition) is 0. The van der Waals surface area contributed by atoms with Gasteiger partial charge in [0.25, 0.3) is 0 Å². The van der Waals surface area contributed by atoms with Crippen molar-refractivity contribution in [1.82, 2.24) is 0 Å². The van der Waals surface area contributed by atoms with Crippen LogP contribution in [-0.2, 0) is 9.47 Å². The highest BCUT2D eigenvalue weighted by molar-refractivity contribution is 5.18. The molecule has 3 atom stereocenters. The molecule has 2 nitrogen and oxygen atoms in total. The second-order valence-corrected chi connectivity index (χ2v) is 3.79. The molecule has 0 radical (unpaired) electrons. The Bertz CT molecular complexity index is 239. The van der Waals surface area contributed by atoms with Crippen LogP contribution < -0.4 is 0 Å². The smallest absolute Gasteiger partial charge is 0.168 e. The Morgan fingerprint density at radius 2 is 2.07 bits per heavy atom. The van der Waals surface area contributed by atoms with Gasteiger partial charge in [-0.1, -0.05) is 11.8 Å². The molecule has 0 aromatic carbocycles. The molecule has 1 rings (SSSR count). The predicted molar refractivity (Wildman–Crippen MR) is 52.7 cm³/mol. The first-order chi connectivity index (χ1) is 6.59. The summed E-state index contributed by atoms with van der Waals surface area (Å²) in [5.41, 5.74) is -1.38. The molecule has 0 saturated carbocycles. The third-order valence-electron chi connectivity index (χ3n) is 2.50. The van der Waals surface area contributed by atoms with Gasteiger partial charge in [-0.15, -0.1) is 0 Å². The van der Waals surface area contributed by atoms with Crippen molar-refractivity contribution < 1.29 is 13.9 Å². The van der Waals surface area contributed by atoms with Crippen LogP contribution in [0.2, 0.25) is 0 Å². The van der Waals surface area contributed by atoms with E-state index in [1.54, 1.807) is 14.2 Å². The van der Waals surface area contributed by atoms with Crippen LogP contribution in [0.5, 0.6) is 0 Å². The Kier molecular flexibility index (Phi) is 3.91. The lowest BCUT2D eigenvalue weighted by atomic mass is 9.95. The summed E-state index contributed by atoms with van der Waals surface area (Å²) in [6.45, 7) is 1.51. The van der Waals surface area contributed by atoms with Crippen molar-refractivity contribution in [2.45, 2.75) is 44.1 Å². The minimum Gasteiger partial charge on any atom is -0.378 e. The minimum absolute atomic E-state index is 0.0383. The summed E-state index contributed by atoms with van der Waals surface area (Å²) in [4.78, 5) is 0. The third kappa shape index (κ3) is 2.97. The molecule has 14 heavy (non-hydrogen) atoms. The van der Waals surface area contributed by atoms with Crippen molar-refractivity contribution in [3.05, 3.63) is 0 Å². The lowest BCUT2D eigenvalue weighted by Gasteiger charge is -2.24. The molecule has 0 amide bonds. The maximum atomic E-state index is 13.6. The monoisotopic (exact) mass is 200 g/mol. The Balaban J connectivity index is 2.78. The molecule has 1 aliphatic rings. The Labute approximate surface area is 84.8 Å². The minimum atomic E-state index is -1.38. The van der Waals surface area contributed by atoms with Crippen LogP contribution in [0.1, 0.15) is 26.2 Å². The molecule has 0 aromatic rings. The van der Waals surface area contributed by atoms with Gasteiger partial charge in [0.05, 0.1) is 6.10 Å². The van der Waals surface area contributed by atoms with Crippen molar-refractivity contribution in [2.75, 3.05) is 14.2 Å². The molecular formula is C11H17FO2. The SMILES string of the molecule is COC1C#CC(C)(F)CCCC1OC. The van der Waals surface area contributed by atoms with E-state index in [2.05, 4.69) is 11.8 Å². The highest BCUT2D eigenvalue weighted by Gasteiger charge is 2.26. The molecule has 3 heteroatoms. The van der Waals surface area contributed by atoms with E-state index < -0.39 is 5.67 Å². The predicted octanol–water partition coefficient (Wildman–Crippen LogP) is 1.93. The van der Waals surface area contributed by atoms with Gasteiger partial charge >= 0.3 is 0 Å². The quantitative estimate of drug-likeness (QED) is 0.634. The molecule has 0 N–H and O–H groups in total. The largest absolute Gasteiger partial charge is 0.378 e. The zero-order valence-electron chi connectivity index (χ0n) is 8.97. The van der Waals surface area contributed by atoms with Crippen molar-refractivity contribution in [3.63, 3.8) is 0 Å². The Morgan fingerprint density at radius 3 is 2.64 bits per heavy atom. The van der Waals surface area contributed by atoms with E-state index in [0.29, 0.717) is 6.42 Å². The fourth-order valence-corrected chi connectivity index (χ4v) is 1.62. The first-order valence-electron chi connectivity index (χ1n) is 4.86. The summed E-state index contributed by atoms with van der Waals surface area (Å²) in [6.07, 6.45) is 1.69. The molecule has 0 fully saturated rings. The molecule has 3 unspecified atom stereocenters. The summed E-state index contributed by atoms with van der Waals surface area (Å²) in [7, 11) is 3.21. The van der Waals surface area contributed by atoms with Crippen molar-refractivity contribution in [1.29, 1.82) is 0 Å². The van der Waals surface area contributed by atoms with E-state index in [9.17, 15) is 4.39 Å². The normalized spacial score (nSPS) is 38.0. The van der Waals surface area contributed by atoms with Crippen LogP contribution in [0.25, 0.3) is 0 Å². The second kappa shape index (κ2) is 4.77. The van der Waals surface area contributed by atoms with Gasteiger partial charge in [0.2, 0.25) is 0 Å². The van der Waals surface area contributed by atoms with Crippen LogP contribution in [-0.4, -0.2) is 32.1 Å². The van der Waals surface area contributed by atoms with Gasteiger partial charge in [-0.25, -0.2) is 4.39 Å². The number of ether oxygens (including phenoxy) is 2. The fraction of sp³-hybridized carbons (Fsp3) is 0.818. The molecule has 0 aliphatic heterocycles. The van der Waals surface area contributed by atoms with Gasteiger partial charge in [-0.05, 0) is 26.2 Å². The van der Waals surface area contributed by atoms with E-state index in [1.165, 1.54) is 6.92 Å². The van der Waals surface area contributed by atoms with Crippen molar-refractivity contribution in [3.8, 4) is 11.8 Å². The zero-order chi connectivity index (χ0) is 10.6. The first-order valence-corrected chi connectivity index (χ1v) is 4.86. The Hall–Kier alpha value is -0.590. The maximum absolute atomic E-state index is 13.6. The highest BCUT2D eigenvalue weighted by Crippen LogP contribution is 2.22. The lowest BCUT2D eigenvalue weighted by Crippen LogP contribution is -2.31. The van der Waals surface area contributed by atoms with Crippen LogP contribution in [0, 0.1) is 11.8 Å². The van der Waals surface area contributed by atoms with E-state index >= 15 is 0 Å². The van der Waals surface area contributed by atoms with Gasteiger partial charge in [-0.3, -0.25) is 0 Å². The lowest BCUT2D eigenvalue weighted by molar-refractivity contribution is -0.0147. The summed E-state index contributed by atoms with van der Waals surface area (Å²) >= 11 is 0. The van der Waals surface area contributed by atoms with Gasteiger partial charge in [0.1, 0.15) is 6.10 Å². The average molecular weight is 200 g/mol. The molecule has 0 spiro atoms. The second-order valence-electron chi connectivity index (χ2n) is 3.79. The number of methoxy groups -OCH3 is 2. The summed E-state index contributed by atoms with van der Waals surface area (Å²) in [5.74, 6) is 5.39. The molecule has 0 heterocycles. The third-order valence-corrected chi connectivity index (χ3v) is 2.50. The standard InChI is InChI=1S/C11H17FO2/c1-11(12)7-4-5-9(13-2)10(14-3)6-8-11/h9-10H,4-5,7H2,1-3H3. The number of hydrogen-bond acceptors (Lipinski definition) is 2. The number of alkyl halides is 1. The molecular weight excluding hydrogens is 183 g/mol. The molecule has 0 bridgehead atoms. The molecule has 1 aliphatic carbocycles. The number of rotatable bonds is 2. The van der Waals surface area contributed by atoms with Gasteiger partial charge in [0, 0.05) is 14.2 Å². The topological polar surface area (TPSA) is 18.5 Å². The van der Waals surface area contributed by atoms with E-state index in [4.69, 9.17) is 9.47 Å². The van der Waals surface area contributed by atoms with Gasteiger partial charge in [0.15, 0.2) is 5.67 Å². The van der Waals surface area contributed by atoms with E-state index in [0.717, 1.165) is 12.8 Å². The average Bonchev–Trinajstić information content (AvgIpc) is 2.13. The van der Waals surface area contributed by atoms with Crippen LogP contribution >= 0.6 is 0 Å². The van der Waals surface area contributed by atoms with Crippen LogP contribution in [0.15, 0.2) is 0 Å². The highest BCUT2D eigenvalue weighted by atomic mass is 19.1. The zero-order valence-corrected chi connectivity index (χ0v) is 8.97. The van der Waals surface area contributed by atoms with E-state index in [-0.39, 0.29) is 12.2 Å². The van der Waals surface area contributed by atoms with Crippen LogP contribution in [0.4, 0.5) is 4.39 Å². The number of halogens is 1. The fourth-order valence-electron chi connectivity index (χ4n) is 1.62. The first kappa shape index (κ1) is 11.5. The summed E-state index contributed by atoms with van der Waals surface area (Å²) in [6, 6.07) is 0. The maximum Gasteiger partial charge on any atom is 0.168 e. The molecule has 80 valence electrons. The molecule has 0 aromatic heterocycles. The van der Waals surface area contributed by atoms with Gasteiger partial charge in [-0.2, -0.15) is 0 Å². The summed E-state index contributed by atoms with van der Waals surface area (Å²) in [5, 5.41) is 0.